The first-order valence-corrected chi connectivity index (χ1v) is 7.81. The van der Waals surface area contributed by atoms with Crippen LogP contribution in [0.5, 0.6) is 0 Å². The number of hydrogen-bond acceptors (Lipinski definition) is 4. The molecule has 2 aromatic carbocycles. The molecule has 0 unspecified atom stereocenters. The molecule has 0 saturated carbocycles. The van der Waals surface area contributed by atoms with Crippen molar-refractivity contribution in [3.8, 4) is 0 Å². The van der Waals surface area contributed by atoms with Crippen LogP contribution in [0.2, 0.25) is 15.1 Å². The summed E-state index contributed by atoms with van der Waals surface area (Å²) in [6, 6.07) is 14.3. The molecule has 0 saturated heterocycles. The van der Waals surface area contributed by atoms with Gasteiger partial charge in [0.15, 0.2) is 0 Å². The molecule has 2 N–H and O–H groups in total. The zero-order chi connectivity index (χ0) is 16.2. The van der Waals surface area contributed by atoms with Crippen LogP contribution < -0.4 is 10.6 Å². The van der Waals surface area contributed by atoms with Gasteiger partial charge < -0.3 is 10.6 Å². The van der Waals surface area contributed by atoms with Gasteiger partial charge in [-0.15, -0.1) is 0 Å². The molecule has 0 bridgehead atoms. The second-order valence-corrected chi connectivity index (χ2v) is 5.99. The third-order valence-electron chi connectivity index (χ3n) is 2.87. The predicted molar refractivity (Wildman–Crippen MR) is 96.5 cm³/mol. The highest BCUT2D eigenvalue weighted by Gasteiger charge is 2.03. The van der Waals surface area contributed by atoms with E-state index in [4.69, 9.17) is 34.8 Å². The normalized spacial score (nSPS) is 10.4. The molecule has 23 heavy (non-hydrogen) atoms. The lowest BCUT2D eigenvalue weighted by molar-refractivity contribution is 1.17. The van der Waals surface area contributed by atoms with Crippen LogP contribution in [-0.4, -0.2) is 9.97 Å². The van der Waals surface area contributed by atoms with Crippen LogP contribution >= 0.6 is 34.8 Å². The molecule has 0 aliphatic carbocycles. The Labute approximate surface area is 148 Å². The Hall–Kier alpha value is -2.01. The molecule has 0 aliphatic heterocycles. The molecule has 1 aromatic heterocycles. The van der Waals surface area contributed by atoms with Crippen molar-refractivity contribution in [2.45, 2.75) is 0 Å². The maximum atomic E-state index is 5.98. The standard InChI is InChI=1S/C16H11Cl3N4/c17-10-2-1-3-13(7-10)21-15-4-5-20-16(23-15)22-14-8-11(18)6-12(19)9-14/h1-9H,(H2,20,21,22,23). The zero-order valence-corrected chi connectivity index (χ0v) is 14.0. The number of nitrogens with zero attached hydrogens (tertiary/aromatic N) is 2. The summed E-state index contributed by atoms with van der Waals surface area (Å²) in [7, 11) is 0. The van der Waals surface area contributed by atoms with E-state index in [0.29, 0.717) is 32.5 Å². The molecule has 0 fully saturated rings. The molecule has 3 aromatic rings. The lowest BCUT2D eigenvalue weighted by atomic mass is 10.3. The smallest absolute Gasteiger partial charge is 0.229 e. The average Bonchev–Trinajstić information content (AvgIpc) is 2.46. The molecule has 1 heterocycles. The molecule has 0 atom stereocenters. The summed E-state index contributed by atoms with van der Waals surface area (Å²) in [5.41, 5.74) is 1.55. The van der Waals surface area contributed by atoms with Crippen molar-refractivity contribution in [3.05, 3.63) is 69.8 Å². The Morgan fingerprint density at radius 1 is 0.739 bits per heavy atom. The van der Waals surface area contributed by atoms with Gasteiger partial charge in [-0.05, 0) is 42.5 Å². The fourth-order valence-corrected chi connectivity index (χ4v) is 2.67. The fourth-order valence-electron chi connectivity index (χ4n) is 1.96. The topological polar surface area (TPSA) is 49.8 Å². The summed E-state index contributed by atoms with van der Waals surface area (Å²) in [5.74, 6) is 1.06. The van der Waals surface area contributed by atoms with Crippen molar-refractivity contribution in [1.82, 2.24) is 9.97 Å². The number of benzene rings is 2. The SMILES string of the molecule is Clc1cccc(Nc2ccnc(Nc3cc(Cl)cc(Cl)c3)n2)c1. The first-order valence-electron chi connectivity index (χ1n) is 6.67. The van der Waals surface area contributed by atoms with E-state index in [1.54, 1.807) is 30.5 Å². The number of hydrogen-bond donors (Lipinski definition) is 2. The number of aromatic nitrogens is 2. The summed E-state index contributed by atoms with van der Waals surface area (Å²) < 4.78 is 0. The van der Waals surface area contributed by atoms with Crippen molar-refractivity contribution in [2.24, 2.45) is 0 Å². The van der Waals surface area contributed by atoms with Gasteiger partial charge in [0.25, 0.3) is 0 Å². The van der Waals surface area contributed by atoms with E-state index in [-0.39, 0.29) is 0 Å². The molecule has 116 valence electrons. The van der Waals surface area contributed by atoms with E-state index in [9.17, 15) is 0 Å². The summed E-state index contributed by atoms with van der Waals surface area (Å²) >= 11 is 17.9. The van der Waals surface area contributed by atoms with Crippen LogP contribution in [0.4, 0.5) is 23.1 Å². The van der Waals surface area contributed by atoms with E-state index in [1.165, 1.54) is 0 Å². The first-order chi connectivity index (χ1) is 11.1. The maximum Gasteiger partial charge on any atom is 0.229 e. The quantitative estimate of drug-likeness (QED) is 0.602. The van der Waals surface area contributed by atoms with E-state index in [2.05, 4.69) is 20.6 Å². The van der Waals surface area contributed by atoms with Crippen LogP contribution in [-0.2, 0) is 0 Å². The van der Waals surface area contributed by atoms with Crippen LogP contribution in [0.1, 0.15) is 0 Å². The molecule has 0 aliphatic rings. The minimum atomic E-state index is 0.426. The van der Waals surface area contributed by atoms with Gasteiger partial charge in [0, 0.05) is 32.6 Å². The molecule has 0 amide bonds. The van der Waals surface area contributed by atoms with Gasteiger partial charge in [-0.25, -0.2) is 4.98 Å². The minimum Gasteiger partial charge on any atom is -0.340 e. The van der Waals surface area contributed by atoms with Gasteiger partial charge in [0.1, 0.15) is 5.82 Å². The minimum absolute atomic E-state index is 0.426. The Morgan fingerprint density at radius 2 is 1.48 bits per heavy atom. The van der Waals surface area contributed by atoms with E-state index in [1.807, 2.05) is 24.3 Å². The highest BCUT2D eigenvalue weighted by molar-refractivity contribution is 6.35. The van der Waals surface area contributed by atoms with Crippen LogP contribution in [0.3, 0.4) is 0 Å². The average molecular weight is 366 g/mol. The van der Waals surface area contributed by atoms with Gasteiger partial charge in [0.2, 0.25) is 5.95 Å². The van der Waals surface area contributed by atoms with Gasteiger partial charge in [-0.3, -0.25) is 0 Å². The van der Waals surface area contributed by atoms with Crippen molar-refractivity contribution in [1.29, 1.82) is 0 Å². The lowest BCUT2D eigenvalue weighted by Gasteiger charge is -2.09. The highest BCUT2D eigenvalue weighted by Crippen LogP contribution is 2.25. The number of anilines is 4. The number of halogens is 3. The van der Waals surface area contributed by atoms with E-state index >= 15 is 0 Å². The monoisotopic (exact) mass is 364 g/mol. The van der Waals surface area contributed by atoms with Gasteiger partial charge in [-0.2, -0.15) is 4.98 Å². The summed E-state index contributed by atoms with van der Waals surface area (Å²) in [6.45, 7) is 0. The highest BCUT2D eigenvalue weighted by atomic mass is 35.5. The molecule has 3 rings (SSSR count). The third kappa shape index (κ3) is 4.48. The molecule has 4 nitrogen and oxygen atoms in total. The van der Waals surface area contributed by atoms with Crippen LogP contribution in [0, 0.1) is 0 Å². The molecule has 0 radical (unpaired) electrons. The molecule has 7 heteroatoms. The molecular weight excluding hydrogens is 355 g/mol. The summed E-state index contributed by atoms with van der Waals surface area (Å²) in [4.78, 5) is 8.57. The Morgan fingerprint density at radius 3 is 2.22 bits per heavy atom. The fraction of sp³-hybridized carbons (Fsp3) is 0. The van der Waals surface area contributed by atoms with Crippen molar-refractivity contribution >= 4 is 57.9 Å². The Balaban J connectivity index is 1.79. The second kappa shape index (κ2) is 7.04. The van der Waals surface area contributed by atoms with Crippen molar-refractivity contribution < 1.29 is 0 Å². The third-order valence-corrected chi connectivity index (χ3v) is 3.54. The summed E-state index contributed by atoms with van der Waals surface area (Å²) in [5, 5.41) is 7.95. The van der Waals surface area contributed by atoms with Gasteiger partial charge in [0.05, 0.1) is 0 Å². The molecule has 0 spiro atoms. The van der Waals surface area contributed by atoms with E-state index in [0.717, 1.165) is 5.69 Å². The van der Waals surface area contributed by atoms with Crippen molar-refractivity contribution in [2.75, 3.05) is 10.6 Å². The molecular formula is C16H11Cl3N4. The zero-order valence-electron chi connectivity index (χ0n) is 11.7. The van der Waals surface area contributed by atoms with E-state index < -0.39 is 0 Å². The van der Waals surface area contributed by atoms with Crippen molar-refractivity contribution in [3.63, 3.8) is 0 Å². The Kier molecular flexibility index (Phi) is 4.86. The predicted octanol–water partition coefficient (Wildman–Crippen LogP) is 5.92. The van der Waals surface area contributed by atoms with Gasteiger partial charge >= 0.3 is 0 Å². The van der Waals surface area contributed by atoms with Gasteiger partial charge in [-0.1, -0.05) is 40.9 Å². The second-order valence-electron chi connectivity index (χ2n) is 4.68. The van der Waals surface area contributed by atoms with Crippen LogP contribution in [0.15, 0.2) is 54.7 Å². The largest absolute Gasteiger partial charge is 0.340 e. The number of rotatable bonds is 4. The maximum absolute atomic E-state index is 5.98. The lowest BCUT2D eigenvalue weighted by Crippen LogP contribution is -2.00. The number of nitrogens with one attached hydrogen (secondary N) is 2. The first kappa shape index (κ1) is 15.9. The summed E-state index contributed by atoms with van der Waals surface area (Å²) in [6.07, 6.45) is 1.65. The van der Waals surface area contributed by atoms with Crippen LogP contribution in [0.25, 0.3) is 0 Å². The Bertz CT molecular complexity index is 819.